The maximum absolute atomic E-state index is 12.4. The first-order chi connectivity index (χ1) is 9.22. The molecule has 2 aromatic rings. The van der Waals surface area contributed by atoms with E-state index in [2.05, 4.69) is 12.1 Å². The third kappa shape index (κ3) is 2.71. The van der Waals surface area contributed by atoms with Crippen molar-refractivity contribution < 1.29 is 4.21 Å². The Morgan fingerprint density at radius 1 is 1.05 bits per heavy atom. The van der Waals surface area contributed by atoms with Crippen LogP contribution in [0.3, 0.4) is 0 Å². The summed E-state index contributed by atoms with van der Waals surface area (Å²) in [6, 6.07) is 13.9. The minimum absolute atomic E-state index is 0.532. The molecule has 3 heteroatoms. The quantitative estimate of drug-likeness (QED) is 0.872. The zero-order chi connectivity index (χ0) is 13.2. The van der Waals surface area contributed by atoms with Gasteiger partial charge in [-0.1, -0.05) is 18.2 Å². The number of fused-ring (bicyclic) bond motifs is 1. The summed E-state index contributed by atoms with van der Waals surface area (Å²) in [5.41, 5.74) is 10.3. The fourth-order valence-corrected chi connectivity index (χ4v) is 3.75. The molecule has 0 saturated heterocycles. The third-order valence-electron chi connectivity index (χ3n) is 3.58. The van der Waals surface area contributed by atoms with E-state index in [0.29, 0.717) is 5.75 Å². The van der Waals surface area contributed by atoms with Gasteiger partial charge in [-0.05, 0) is 60.2 Å². The number of nitrogens with two attached hydrogens (primary N) is 1. The van der Waals surface area contributed by atoms with Gasteiger partial charge in [-0.3, -0.25) is 4.21 Å². The van der Waals surface area contributed by atoms with E-state index >= 15 is 0 Å². The zero-order valence-electron chi connectivity index (χ0n) is 10.8. The molecular weight excluding hydrogens is 254 g/mol. The van der Waals surface area contributed by atoms with Crippen LogP contribution in [0.5, 0.6) is 0 Å². The van der Waals surface area contributed by atoms with Crippen LogP contribution in [0, 0.1) is 0 Å². The summed E-state index contributed by atoms with van der Waals surface area (Å²) >= 11 is 0. The Hall–Kier alpha value is -1.61. The Morgan fingerprint density at radius 3 is 2.74 bits per heavy atom. The SMILES string of the molecule is Nc1cccc(CS(=O)c2ccc3c(c2)CCC3)c1. The van der Waals surface area contributed by atoms with Crippen molar-refractivity contribution in [2.75, 3.05) is 5.73 Å². The Kier molecular flexibility index (Phi) is 3.38. The summed E-state index contributed by atoms with van der Waals surface area (Å²) in [4.78, 5) is 0.933. The van der Waals surface area contributed by atoms with Crippen molar-refractivity contribution in [3.8, 4) is 0 Å². The van der Waals surface area contributed by atoms with E-state index in [0.717, 1.165) is 29.0 Å². The Morgan fingerprint density at radius 2 is 1.89 bits per heavy atom. The molecule has 2 N–H and O–H groups in total. The van der Waals surface area contributed by atoms with E-state index in [1.54, 1.807) is 0 Å². The van der Waals surface area contributed by atoms with Gasteiger partial charge in [0.15, 0.2) is 0 Å². The first-order valence-corrected chi connectivity index (χ1v) is 7.89. The van der Waals surface area contributed by atoms with Crippen LogP contribution in [0.4, 0.5) is 5.69 Å². The number of nitrogen functional groups attached to an aromatic ring is 1. The Labute approximate surface area is 116 Å². The molecule has 1 aliphatic rings. The second-order valence-corrected chi connectivity index (χ2v) is 6.47. The van der Waals surface area contributed by atoms with E-state index in [1.807, 2.05) is 30.3 Å². The van der Waals surface area contributed by atoms with Gasteiger partial charge >= 0.3 is 0 Å². The van der Waals surface area contributed by atoms with Gasteiger partial charge in [-0.15, -0.1) is 0 Å². The molecule has 0 bridgehead atoms. The number of aryl methyl sites for hydroxylation is 2. The molecule has 1 atom stereocenters. The highest BCUT2D eigenvalue weighted by molar-refractivity contribution is 7.84. The average molecular weight is 271 g/mol. The monoisotopic (exact) mass is 271 g/mol. The van der Waals surface area contributed by atoms with Gasteiger partial charge in [-0.2, -0.15) is 0 Å². The molecule has 0 fully saturated rings. The van der Waals surface area contributed by atoms with E-state index in [-0.39, 0.29) is 0 Å². The van der Waals surface area contributed by atoms with E-state index in [4.69, 9.17) is 5.73 Å². The summed E-state index contributed by atoms with van der Waals surface area (Å²) in [5.74, 6) is 0.532. The molecule has 2 nitrogen and oxygen atoms in total. The molecule has 0 amide bonds. The van der Waals surface area contributed by atoms with E-state index < -0.39 is 10.8 Å². The standard InChI is InChI=1S/C16H17NOS/c17-15-6-1-3-12(9-15)11-19(18)16-8-7-13-4-2-5-14(13)10-16/h1,3,6-10H,2,4-5,11,17H2. The van der Waals surface area contributed by atoms with Crippen LogP contribution in [-0.2, 0) is 29.4 Å². The smallest absolute Gasteiger partial charge is 0.0574 e. The molecule has 1 aliphatic carbocycles. The van der Waals surface area contributed by atoms with Crippen molar-refractivity contribution in [1.82, 2.24) is 0 Å². The summed E-state index contributed by atoms with van der Waals surface area (Å²) < 4.78 is 12.4. The van der Waals surface area contributed by atoms with Crippen molar-refractivity contribution in [2.45, 2.75) is 29.9 Å². The van der Waals surface area contributed by atoms with Gasteiger partial charge in [0.25, 0.3) is 0 Å². The molecule has 0 radical (unpaired) electrons. The van der Waals surface area contributed by atoms with Crippen LogP contribution in [0.2, 0.25) is 0 Å². The lowest BCUT2D eigenvalue weighted by Gasteiger charge is -2.06. The second-order valence-electron chi connectivity index (χ2n) is 5.02. The van der Waals surface area contributed by atoms with Crippen molar-refractivity contribution >= 4 is 16.5 Å². The van der Waals surface area contributed by atoms with Crippen LogP contribution >= 0.6 is 0 Å². The molecule has 1 unspecified atom stereocenters. The summed E-state index contributed by atoms with van der Waals surface area (Å²) in [5, 5.41) is 0. The highest BCUT2D eigenvalue weighted by Crippen LogP contribution is 2.25. The molecule has 0 aliphatic heterocycles. The molecule has 0 spiro atoms. The van der Waals surface area contributed by atoms with Crippen LogP contribution in [0.15, 0.2) is 47.4 Å². The molecule has 0 aromatic heterocycles. The number of rotatable bonds is 3. The van der Waals surface area contributed by atoms with Gasteiger partial charge in [0.1, 0.15) is 0 Å². The van der Waals surface area contributed by atoms with Crippen molar-refractivity contribution in [3.63, 3.8) is 0 Å². The van der Waals surface area contributed by atoms with Gasteiger partial charge in [0.2, 0.25) is 0 Å². The van der Waals surface area contributed by atoms with Gasteiger partial charge in [0.05, 0.1) is 16.6 Å². The Bertz CT molecular complexity index is 636. The number of hydrogen-bond acceptors (Lipinski definition) is 2. The molecular formula is C16H17NOS. The molecule has 3 rings (SSSR count). The van der Waals surface area contributed by atoms with Crippen LogP contribution in [0.1, 0.15) is 23.1 Å². The predicted octanol–water partition coefficient (Wildman–Crippen LogP) is 3.07. The molecule has 2 aromatic carbocycles. The molecule has 19 heavy (non-hydrogen) atoms. The molecule has 0 heterocycles. The molecule has 98 valence electrons. The van der Waals surface area contributed by atoms with Crippen molar-refractivity contribution in [2.24, 2.45) is 0 Å². The van der Waals surface area contributed by atoms with Crippen LogP contribution < -0.4 is 5.73 Å². The number of anilines is 1. The molecule has 0 saturated carbocycles. The van der Waals surface area contributed by atoms with E-state index in [9.17, 15) is 4.21 Å². The average Bonchev–Trinajstić information content (AvgIpc) is 2.85. The summed E-state index contributed by atoms with van der Waals surface area (Å²) in [6.07, 6.45) is 3.51. The first-order valence-electron chi connectivity index (χ1n) is 6.57. The fourth-order valence-electron chi connectivity index (χ4n) is 2.61. The normalized spacial score (nSPS) is 15.2. The minimum Gasteiger partial charge on any atom is -0.399 e. The first kappa shape index (κ1) is 12.4. The van der Waals surface area contributed by atoms with Gasteiger partial charge < -0.3 is 5.73 Å². The van der Waals surface area contributed by atoms with Crippen molar-refractivity contribution in [1.29, 1.82) is 0 Å². The number of hydrogen-bond donors (Lipinski definition) is 1. The summed E-state index contributed by atoms with van der Waals surface area (Å²) in [6.45, 7) is 0. The fraction of sp³-hybridized carbons (Fsp3) is 0.250. The highest BCUT2D eigenvalue weighted by Gasteiger charge is 2.13. The van der Waals surface area contributed by atoms with Gasteiger partial charge in [-0.25, -0.2) is 0 Å². The summed E-state index contributed by atoms with van der Waals surface area (Å²) in [7, 11) is -0.991. The lowest BCUT2D eigenvalue weighted by atomic mass is 10.1. The van der Waals surface area contributed by atoms with Gasteiger partial charge in [0, 0.05) is 10.6 Å². The topological polar surface area (TPSA) is 43.1 Å². The third-order valence-corrected chi connectivity index (χ3v) is 4.96. The predicted molar refractivity (Wildman–Crippen MR) is 79.4 cm³/mol. The minimum atomic E-state index is -0.991. The largest absolute Gasteiger partial charge is 0.399 e. The van der Waals surface area contributed by atoms with Crippen LogP contribution in [-0.4, -0.2) is 4.21 Å². The highest BCUT2D eigenvalue weighted by atomic mass is 32.2. The lowest BCUT2D eigenvalue weighted by Crippen LogP contribution is -1.98. The Balaban J connectivity index is 1.81. The van der Waals surface area contributed by atoms with Crippen molar-refractivity contribution in [3.05, 3.63) is 59.2 Å². The second kappa shape index (κ2) is 5.17. The van der Waals surface area contributed by atoms with Crippen LogP contribution in [0.25, 0.3) is 0 Å². The van der Waals surface area contributed by atoms with E-state index in [1.165, 1.54) is 17.5 Å². The number of benzene rings is 2. The lowest BCUT2D eigenvalue weighted by molar-refractivity contribution is 0.682. The maximum atomic E-state index is 12.4. The maximum Gasteiger partial charge on any atom is 0.0574 e. The zero-order valence-corrected chi connectivity index (χ0v) is 11.6.